The molecular formula is C33H56NO3S+. The third-order valence-corrected chi connectivity index (χ3v) is 7.94. The lowest BCUT2D eigenvalue weighted by Crippen LogP contribution is -2.30. The van der Waals surface area contributed by atoms with Crippen molar-refractivity contribution in [3.63, 3.8) is 0 Å². The molecule has 0 fully saturated rings. The first-order chi connectivity index (χ1) is 18.8. The number of thiazole rings is 1. The van der Waals surface area contributed by atoms with E-state index in [-0.39, 0.29) is 6.10 Å². The number of rotatable bonds is 26. The van der Waals surface area contributed by atoms with E-state index in [2.05, 4.69) is 52.8 Å². The van der Waals surface area contributed by atoms with Gasteiger partial charge in [-0.2, -0.15) is 4.57 Å². The summed E-state index contributed by atoms with van der Waals surface area (Å²) in [6.45, 7) is 5.79. The Bertz CT molecular complexity index is 750. The molecule has 2 rings (SSSR count). The molecule has 1 aromatic heterocycles. The number of hydrogen-bond donors (Lipinski definition) is 0. The molecule has 2 aromatic rings. The summed E-state index contributed by atoms with van der Waals surface area (Å²) >= 11 is 1.72. The van der Waals surface area contributed by atoms with Crippen molar-refractivity contribution in [1.82, 2.24) is 0 Å². The van der Waals surface area contributed by atoms with Crippen LogP contribution in [-0.2, 0) is 27.4 Å². The van der Waals surface area contributed by atoms with E-state index in [1.807, 2.05) is 0 Å². The quantitative estimate of drug-likeness (QED) is 0.0872. The second-order valence-electron chi connectivity index (χ2n) is 10.8. The van der Waals surface area contributed by atoms with Gasteiger partial charge in [0.05, 0.1) is 25.2 Å². The lowest BCUT2D eigenvalue weighted by molar-refractivity contribution is -0.683. The Morgan fingerprint density at radius 2 is 1.21 bits per heavy atom. The maximum Gasteiger partial charge on any atom is 0.224 e. The summed E-state index contributed by atoms with van der Waals surface area (Å²) in [4.78, 5) is 0. The van der Waals surface area contributed by atoms with Gasteiger partial charge >= 0.3 is 0 Å². The third-order valence-electron chi connectivity index (χ3n) is 7.27. The fourth-order valence-corrected chi connectivity index (χ4v) is 5.36. The fourth-order valence-electron chi connectivity index (χ4n) is 4.76. The van der Waals surface area contributed by atoms with Crippen molar-refractivity contribution >= 4 is 11.3 Å². The Balaban J connectivity index is 1.34. The van der Waals surface area contributed by atoms with Crippen molar-refractivity contribution in [2.45, 2.75) is 129 Å². The molecule has 216 valence electrons. The van der Waals surface area contributed by atoms with Crippen LogP contribution in [0, 0.1) is 0 Å². The van der Waals surface area contributed by atoms with Crippen molar-refractivity contribution in [2.75, 3.05) is 26.9 Å². The number of methoxy groups -OCH3 is 1. The standard InChI is InChI=1S/C33H56NO3S/c1-3-4-5-6-7-8-9-10-11-12-13-14-15-16-17-18-24-36-28-33(35-2)29-37-27-32-21-19-31(20-22-32)26-34-23-25-38-30-34/h19-23,25,30,33H,3-18,24,26-29H2,1-2H3/q+1. The lowest BCUT2D eigenvalue weighted by atomic mass is 10.0. The minimum absolute atomic E-state index is 0.00896. The van der Waals surface area contributed by atoms with E-state index >= 15 is 0 Å². The highest BCUT2D eigenvalue weighted by Gasteiger charge is 2.09. The molecule has 1 atom stereocenters. The molecule has 0 saturated heterocycles. The van der Waals surface area contributed by atoms with Gasteiger partial charge < -0.3 is 14.2 Å². The number of ether oxygens (including phenoxy) is 3. The zero-order valence-electron chi connectivity index (χ0n) is 24.5. The second-order valence-corrected chi connectivity index (χ2v) is 11.5. The molecule has 38 heavy (non-hydrogen) atoms. The Labute approximate surface area is 238 Å². The van der Waals surface area contributed by atoms with E-state index < -0.39 is 0 Å². The lowest BCUT2D eigenvalue weighted by Gasteiger charge is -2.16. The highest BCUT2D eigenvalue weighted by atomic mass is 32.1. The Kier molecular flexibility index (Phi) is 20.5. The molecular weight excluding hydrogens is 490 g/mol. The van der Waals surface area contributed by atoms with Gasteiger partial charge in [-0.15, -0.1) is 0 Å². The highest BCUT2D eigenvalue weighted by molar-refractivity contribution is 7.07. The van der Waals surface area contributed by atoms with Crippen LogP contribution >= 0.6 is 11.3 Å². The SMILES string of the molecule is CCCCCCCCCCCCCCCCCCOCC(COCc1ccc(C[n+]2ccsc2)cc1)OC. The van der Waals surface area contributed by atoms with E-state index in [1.165, 1.54) is 107 Å². The zero-order valence-corrected chi connectivity index (χ0v) is 25.4. The smallest absolute Gasteiger partial charge is 0.224 e. The average Bonchev–Trinajstić information content (AvgIpc) is 3.45. The summed E-state index contributed by atoms with van der Waals surface area (Å²) in [7, 11) is 1.74. The number of nitrogens with zero attached hydrogens (tertiary/aromatic N) is 1. The van der Waals surface area contributed by atoms with Gasteiger partial charge in [0.1, 0.15) is 6.10 Å². The monoisotopic (exact) mass is 546 g/mol. The Morgan fingerprint density at radius 1 is 0.684 bits per heavy atom. The predicted molar refractivity (Wildman–Crippen MR) is 161 cm³/mol. The second kappa shape index (κ2) is 23.6. The van der Waals surface area contributed by atoms with E-state index in [4.69, 9.17) is 14.2 Å². The minimum atomic E-state index is -0.00896. The minimum Gasteiger partial charge on any atom is -0.379 e. The van der Waals surface area contributed by atoms with Crippen LogP contribution in [0.25, 0.3) is 0 Å². The summed E-state index contributed by atoms with van der Waals surface area (Å²) < 4.78 is 19.5. The number of benzene rings is 1. The summed E-state index contributed by atoms with van der Waals surface area (Å²) in [5, 5.41) is 2.10. The summed E-state index contributed by atoms with van der Waals surface area (Å²) in [5.41, 5.74) is 4.62. The van der Waals surface area contributed by atoms with Crippen LogP contribution in [-0.4, -0.2) is 33.0 Å². The van der Waals surface area contributed by atoms with Crippen molar-refractivity contribution in [2.24, 2.45) is 0 Å². The van der Waals surface area contributed by atoms with Crippen LogP contribution in [0.1, 0.15) is 121 Å². The van der Waals surface area contributed by atoms with Crippen LogP contribution in [0.3, 0.4) is 0 Å². The highest BCUT2D eigenvalue weighted by Crippen LogP contribution is 2.14. The maximum absolute atomic E-state index is 5.90. The fraction of sp³-hybridized carbons (Fsp3) is 0.727. The Hall–Kier alpha value is -1.27. The molecule has 0 aliphatic heterocycles. The van der Waals surface area contributed by atoms with Gasteiger partial charge in [0.15, 0.2) is 12.7 Å². The molecule has 0 spiro atoms. The first-order valence-corrected chi connectivity index (χ1v) is 16.4. The molecule has 0 saturated carbocycles. The first-order valence-electron chi connectivity index (χ1n) is 15.5. The van der Waals surface area contributed by atoms with Crippen molar-refractivity contribution in [3.05, 3.63) is 52.5 Å². The van der Waals surface area contributed by atoms with E-state index in [0.717, 1.165) is 19.6 Å². The van der Waals surface area contributed by atoms with E-state index in [1.54, 1.807) is 18.4 Å². The molecule has 1 aromatic carbocycles. The van der Waals surface area contributed by atoms with Gasteiger partial charge in [-0.05, 0) is 12.0 Å². The normalized spacial score (nSPS) is 12.3. The van der Waals surface area contributed by atoms with E-state index in [9.17, 15) is 0 Å². The molecule has 1 unspecified atom stereocenters. The molecule has 0 aliphatic carbocycles. The predicted octanol–water partition coefficient (Wildman–Crippen LogP) is 8.89. The van der Waals surface area contributed by atoms with Crippen molar-refractivity contribution < 1.29 is 18.8 Å². The largest absolute Gasteiger partial charge is 0.379 e. The average molecular weight is 547 g/mol. The number of unbranched alkanes of at least 4 members (excludes halogenated alkanes) is 15. The first kappa shape index (κ1) is 32.9. The molecule has 4 nitrogen and oxygen atoms in total. The summed E-state index contributed by atoms with van der Waals surface area (Å²) in [5.74, 6) is 0. The maximum atomic E-state index is 5.90. The zero-order chi connectivity index (χ0) is 26.9. The topological polar surface area (TPSA) is 31.6 Å². The summed E-state index contributed by atoms with van der Waals surface area (Å²) in [6.07, 6.45) is 24.4. The molecule has 0 aliphatic rings. The van der Waals surface area contributed by atoms with Crippen LogP contribution in [0.15, 0.2) is 41.4 Å². The molecule has 0 bridgehead atoms. The third kappa shape index (κ3) is 17.3. The van der Waals surface area contributed by atoms with Gasteiger partial charge in [0.25, 0.3) is 0 Å². The molecule has 0 radical (unpaired) electrons. The van der Waals surface area contributed by atoms with Gasteiger partial charge in [0.2, 0.25) is 5.51 Å². The van der Waals surface area contributed by atoms with Gasteiger partial charge in [-0.1, -0.05) is 139 Å². The molecule has 5 heteroatoms. The molecule has 0 N–H and O–H groups in total. The van der Waals surface area contributed by atoms with Crippen molar-refractivity contribution in [1.29, 1.82) is 0 Å². The number of aromatic nitrogens is 1. The number of hydrogen-bond acceptors (Lipinski definition) is 4. The van der Waals surface area contributed by atoms with Crippen LogP contribution in [0.2, 0.25) is 0 Å². The Morgan fingerprint density at radius 3 is 1.74 bits per heavy atom. The molecule has 1 heterocycles. The van der Waals surface area contributed by atoms with Crippen LogP contribution in [0.5, 0.6) is 0 Å². The van der Waals surface area contributed by atoms with Crippen LogP contribution < -0.4 is 4.57 Å². The van der Waals surface area contributed by atoms with Crippen LogP contribution in [0.4, 0.5) is 0 Å². The van der Waals surface area contributed by atoms with Gasteiger partial charge in [0, 0.05) is 19.3 Å². The van der Waals surface area contributed by atoms with Gasteiger partial charge in [-0.25, -0.2) is 0 Å². The van der Waals surface area contributed by atoms with Gasteiger partial charge in [-0.3, -0.25) is 0 Å². The molecule has 0 amide bonds. The summed E-state index contributed by atoms with van der Waals surface area (Å²) in [6, 6.07) is 8.66. The van der Waals surface area contributed by atoms with E-state index in [0.29, 0.717) is 19.8 Å². The van der Waals surface area contributed by atoms with Crippen molar-refractivity contribution in [3.8, 4) is 0 Å².